The third-order valence-electron chi connectivity index (χ3n) is 6.03. The predicted octanol–water partition coefficient (Wildman–Crippen LogP) is 4.28. The average molecular weight is 453 g/mol. The fraction of sp³-hybridized carbons (Fsp3) is 0.480. The Morgan fingerprint density at radius 3 is 2.39 bits per heavy atom. The summed E-state index contributed by atoms with van der Waals surface area (Å²) in [5, 5.41) is 2.98. The number of nitrogens with one attached hydrogen (secondary N) is 1. The summed E-state index contributed by atoms with van der Waals surface area (Å²) < 4.78 is 14.1. The van der Waals surface area contributed by atoms with Crippen LogP contribution >= 0.6 is 0 Å². The van der Waals surface area contributed by atoms with Crippen LogP contribution in [0.5, 0.6) is 5.88 Å². The Morgan fingerprint density at radius 1 is 1.09 bits per heavy atom. The molecule has 0 atom stereocenters. The molecule has 8 nitrogen and oxygen atoms in total. The van der Waals surface area contributed by atoms with Gasteiger partial charge in [-0.2, -0.15) is 0 Å². The van der Waals surface area contributed by atoms with E-state index < -0.39 is 5.60 Å². The number of para-hydroxylation sites is 2. The molecule has 33 heavy (non-hydrogen) atoms. The van der Waals surface area contributed by atoms with E-state index in [1.54, 1.807) is 23.9 Å². The van der Waals surface area contributed by atoms with Crippen LogP contribution in [0.25, 0.3) is 16.7 Å². The quantitative estimate of drug-likeness (QED) is 0.624. The van der Waals surface area contributed by atoms with Crippen LogP contribution < -0.4 is 15.7 Å². The number of pyridine rings is 1. The number of ether oxygens (including phenoxy) is 2. The molecule has 0 radical (unpaired) electrons. The van der Waals surface area contributed by atoms with Crippen LogP contribution in [0, 0.1) is 5.92 Å². The molecule has 4 rings (SSSR count). The van der Waals surface area contributed by atoms with Crippen molar-refractivity contribution in [2.75, 3.05) is 7.11 Å². The zero-order valence-electron chi connectivity index (χ0n) is 19.7. The van der Waals surface area contributed by atoms with E-state index in [9.17, 15) is 9.59 Å². The maximum atomic E-state index is 13.5. The van der Waals surface area contributed by atoms with E-state index in [2.05, 4.69) is 10.3 Å². The minimum absolute atomic E-state index is 0.0721. The smallest absolute Gasteiger partial charge is 0.407 e. The van der Waals surface area contributed by atoms with Gasteiger partial charge in [0, 0.05) is 18.7 Å². The fourth-order valence-corrected chi connectivity index (χ4v) is 4.48. The lowest BCUT2D eigenvalue weighted by molar-refractivity contribution is 0.0486. The molecule has 176 valence electrons. The lowest BCUT2D eigenvalue weighted by Gasteiger charge is -2.30. The van der Waals surface area contributed by atoms with E-state index in [1.165, 1.54) is 0 Å². The van der Waals surface area contributed by atoms with Crippen LogP contribution in [0.4, 0.5) is 4.79 Å². The number of carbonyl (C=O) groups is 1. The van der Waals surface area contributed by atoms with Crippen molar-refractivity contribution in [3.05, 3.63) is 53.1 Å². The van der Waals surface area contributed by atoms with Crippen molar-refractivity contribution in [2.45, 2.75) is 64.6 Å². The fourth-order valence-electron chi connectivity index (χ4n) is 4.48. The highest BCUT2D eigenvalue weighted by Gasteiger charge is 2.26. The molecule has 1 saturated carbocycles. The van der Waals surface area contributed by atoms with E-state index in [0.717, 1.165) is 36.7 Å². The molecule has 3 aromatic rings. The van der Waals surface area contributed by atoms with Gasteiger partial charge < -0.3 is 14.8 Å². The monoisotopic (exact) mass is 452 g/mol. The standard InChI is InChI=1S/C25H32N4O4/c1-25(2,3)33-23(30)27-18-11-9-17(10-12-18)16-28-20-7-5-6-8-21(20)29(24(28)31)19-13-14-22(32-4)26-15-19/h5-8,13-15,17-18H,9-12,16H2,1-4H3,(H,27,30)/t17-,18-. The Morgan fingerprint density at radius 2 is 1.79 bits per heavy atom. The third kappa shape index (κ3) is 5.21. The Bertz CT molecular complexity index is 1170. The van der Waals surface area contributed by atoms with Gasteiger partial charge in [0.25, 0.3) is 0 Å². The summed E-state index contributed by atoms with van der Waals surface area (Å²) in [7, 11) is 1.57. The molecule has 1 N–H and O–H groups in total. The molecule has 1 amide bonds. The number of nitrogens with zero attached hydrogens (tertiary/aromatic N) is 3. The van der Waals surface area contributed by atoms with Crippen molar-refractivity contribution < 1.29 is 14.3 Å². The van der Waals surface area contributed by atoms with Gasteiger partial charge >= 0.3 is 11.8 Å². The summed E-state index contributed by atoms with van der Waals surface area (Å²) in [5.74, 6) is 0.875. The Balaban J connectivity index is 1.49. The second-order valence-electron chi connectivity index (χ2n) is 9.64. The molecule has 2 heterocycles. The Hall–Kier alpha value is -3.29. The van der Waals surface area contributed by atoms with Gasteiger partial charge in [-0.25, -0.2) is 14.6 Å². The molecule has 0 bridgehead atoms. The predicted molar refractivity (Wildman–Crippen MR) is 127 cm³/mol. The summed E-state index contributed by atoms with van der Waals surface area (Å²) in [5.41, 5.74) is 1.90. The molecule has 0 saturated heterocycles. The highest BCUT2D eigenvalue weighted by atomic mass is 16.6. The lowest BCUT2D eigenvalue weighted by Crippen LogP contribution is -2.41. The van der Waals surface area contributed by atoms with Crippen LogP contribution in [-0.4, -0.2) is 39.0 Å². The van der Waals surface area contributed by atoms with E-state index in [-0.39, 0.29) is 17.8 Å². The van der Waals surface area contributed by atoms with Crippen molar-refractivity contribution in [3.8, 4) is 11.6 Å². The van der Waals surface area contributed by atoms with Gasteiger partial charge in [0.05, 0.1) is 30.0 Å². The molecule has 1 aliphatic rings. The average Bonchev–Trinajstić information content (AvgIpc) is 3.05. The van der Waals surface area contributed by atoms with Crippen LogP contribution in [0.2, 0.25) is 0 Å². The summed E-state index contributed by atoms with van der Waals surface area (Å²) in [4.78, 5) is 29.8. The molecule has 0 aliphatic heterocycles. The maximum Gasteiger partial charge on any atom is 0.407 e. The zero-order valence-corrected chi connectivity index (χ0v) is 19.7. The Kier molecular flexibility index (Phi) is 6.44. The number of imidazole rings is 1. The van der Waals surface area contributed by atoms with Crippen molar-refractivity contribution in [1.29, 1.82) is 0 Å². The van der Waals surface area contributed by atoms with Crippen LogP contribution in [0.1, 0.15) is 46.5 Å². The first-order chi connectivity index (χ1) is 15.7. The van der Waals surface area contributed by atoms with E-state index in [4.69, 9.17) is 9.47 Å². The highest BCUT2D eigenvalue weighted by Crippen LogP contribution is 2.27. The van der Waals surface area contributed by atoms with Crippen molar-refractivity contribution >= 4 is 17.1 Å². The number of alkyl carbamates (subject to hydrolysis) is 1. The second kappa shape index (κ2) is 9.29. The van der Waals surface area contributed by atoms with Gasteiger partial charge in [-0.05, 0) is 70.6 Å². The molecular weight excluding hydrogens is 420 g/mol. The van der Waals surface area contributed by atoms with Gasteiger partial charge in [0.2, 0.25) is 5.88 Å². The molecule has 0 unspecified atom stereocenters. The van der Waals surface area contributed by atoms with Gasteiger partial charge in [-0.1, -0.05) is 12.1 Å². The van der Waals surface area contributed by atoms with Crippen LogP contribution in [-0.2, 0) is 11.3 Å². The molecule has 1 aliphatic carbocycles. The summed E-state index contributed by atoms with van der Waals surface area (Å²) >= 11 is 0. The SMILES string of the molecule is COc1ccc(-n2c(=O)n(C[C@H]3CC[C@H](NC(=O)OC(C)(C)C)CC3)c3ccccc32)cn1. The summed E-state index contributed by atoms with van der Waals surface area (Å²) in [6.45, 7) is 6.23. The number of aromatic nitrogens is 3. The molecule has 1 fully saturated rings. The Labute approximate surface area is 193 Å². The van der Waals surface area contributed by atoms with E-state index >= 15 is 0 Å². The molecule has 8 heteroatoms. The number of amides is 1. The van der Waals surface area contributed by atoms with Crippen molar-refractivity contribution in [1.82, 2.24) is 19.4 Å². The first kappa shape index (κ1) is 22.9. The minimum Gasteiger partial charge on any atom is -0.481 e. The molecule has 2 aromatic heterocycles. The maximum absolute atomic E-state index is 13.5. The number of benzene rings is 1. The highest BCUT2D eigenvalue weighted by molar-refractivity contribution is 5.78. The number of hydrogen-bond donors (Lipinski definition) is 1. The van der Waals surface area contributed by atoms with E-state index in [1.807, 2.05) is 55.7 Å². The zero-order chi connectivity index (χ0) is 23.6. The van der Waals surface area contributed by atoms with Crippen LogP contribution in [0.3, 0.4) is 0 Å². The van der Waals surface area contributed by atoms with Gasteiger partial charge in [0.1, 0.15) is 5.60 Å². The number of hydrogen-bond acceptors (Lipinski definition) is 5. The van der Waals surface area contributed by atoms with Gasteiger partial charge in [-0.3, -0.25) is 9.13 Å². The van der Waals surface area contributed by atoms with Gasteiger partial charge in [0.15, 0.2) is 0 Å². The molecule has 0 spiro atoms. The third-order valence-corrected chi connectivity index (χ3v) is 6.03. The van der Waals surface area contributed by atoms with Crippen molar-refractivity contribution in [3.63, 3.8) is 0 Å². The molecule has 1 aromatic carbocycles. The lowest BCUT2D eigenvalue weighted by atomic mass is 9.86. The molecular formula is C25H32N4O4. The minimum atomic E-state index is -0.504. The van der Waals surface area contributed by atoms with Crippen LogP contribution in [0.15, 0.2) is 47.4 Å². The first-order valence-electron chi connectivity index (χ1n) is 11.5. The summed E-state index contributed by atoms with van der Waals surface area (Å²) in [6, 6.07) is 11.5. The van der Waals surface area contributed by atoms with Gasteiger partial charge in [-0.15, -0.1) is 0 Å². The number of methoxy groups -OCH3 is 1. The first-order valence-corrected chi connectivity index (χ1v) is 11.5. The second-order valence-corrected chi connectivity index (χ2v) is 9.64. The largest absolute Gasteiger partial charge is 0.481 e. The van der Waals surface area contributed by atoms with E-state index in [0.29, 0.717) is 24.0 Å². The summed E-state index contributed by atoms with van der Waals surface area (Å²) in [6.07, 6.45) is 4.93. The van der Waals surface area contributed by atoms with Crippen molar-refractivity contribution in [2.24, 2.45) is 5.92 Å². The topological polar surface area (TPSA) is 87.4 Å². The number of carbonyl (C=O) groups excluding carboxylic acids is 1. The number of fused-ring (bicyclic) bond motifs is 1. The number of rotatable bonds is 5. The normalized spacial score (nSPS) is 18.8.